The molecule has 1 aliphatic heterocycles. The summed E-state index contributed by atoms with van der Waals surface area (Å²) in [4.78, 5) is 60.5. The van der Waals surface area contributed by atoms with E-state index in [1.807, 2.05) is 53.8 Å². The number of nitrogens with zero attached hydrogens (tertiary/aromatic N) is 4. The number of ketones is 1. The summed E-state index contributed by atoms with van der Waals surface area (Å²) in [6.45, 7) is 5.78. The minimum atomic E-state index is -0.997. The zero-order chi connectivity index (χ0) is 35.6. The quantitative estimate of drug-likeness (QED) is 0.0666. The molecule has 2 heterocycles. The number of amidine groups is 1. The Morgan fingerprint density at radius 2 is 1.78 bits per heavy atom. The van der Waals surface area contributed by atoms with Crippen molar-refractivity contribution >= 4 is 40.6 Å². The zero-order valence-corrected chi connectivity index (χ0v) is 29.0. The molecular formula is C36H49N7O6. The number of rotatable bonds is 16. The van der Waals surface area contributed by atoms with Crippen LogP contribution < -0.4 is 16.8 Å². The number of aliphatic imine (C=N–C) groups is 1. The van der Waals surface area contributed by atoms with Crippen LogP contribution >= 0.6 is 0 Å². The lowest BCUT2D eigenvalue weighted by molar-refractivity contribution is -0.143. The number of likely N-dealkylation sites (tertiary alicyclic amines) is 1. The van der Waals surface area contributed by atoms with E-state index < -0.39 is 23.5 Å². The lowest BCUT2D eigenvalue weighted by Gasteiger charge is -2.33. The summed E-state index contributed by atoms with van der Waals surface area (Å²) in [5.41, 5.74) is 15.4. The predicted molar refractivity (Wildman–Crippen MR) is 187 cm³/mol. The molecule has 264 valence electrons. The van der Waals surface area contributed by atoms with E-state index in [1.165, 1.54) is 7.11 Å². The number of carbonyl (C=O) groups excluding carboxylic acids is 4. The van der Waals surface area contributed by atoms with E-state index >= 15 is 0 Å². The molecule has 2 atom stereocenters. The second-order valence-electron chi connectivity index (χ2n) is 12.7. The Kier molecular flexibility index (Phi) is 13.0. The van der Waals surface area contributed by atoms with Crippen molar-refractivity contribution in [3.8, 4) is 0 Å². The van der Waals surface area contributed by atoms with E-state index in [2.05, 4.69) is 22.0 Å². The molecule has 13 nitrogen and oxygen atoms in total. The minimum Gasteiger partial charge on any atom is -0.469 e. The predicted octanol–water partition coefficient (Wildman–Crippen LogP) is 3.65. The van der Waals surface area contributed by atoms with Crippen molar-refractivity contribution in [2.24, 2.45) is 23.5 Å². The number of ether oxygens (including phenoxy) is 2. The molecular weight excluding hydrogens is 626 g/mol. The molecule has 1 aliphatic rings. The number of benzene rings is 2. The third kappa shape index (κ3) is 9.30. The van der Waals surface area contributed by atoms with Gasteiger partial charge in [0.25, 0.3) is 0 Å². The number of unbranched alkanes of at least 4 members (excludes halogenated alkanes) is 3. The van der Waals surface area contributed by atoms with E-state index in [0.29, 0.717) is 36.6 Å². The van der Waals surface area contributed by atoms with Crippen LogP contribution in [-0.4, -0.2) is 83.9 Å². The molecule has 2 unspecified atom stereocenters. The van der Waals surface area contributed by atoms with Gasteiger partial charge in [0.05, 0.1) is 42.8 Å². The van der Waals surface area contributed by atoms with Gasteiger partial charge in [0.2, 0.25) is 5.91 Å². The van der Waals surface area contributed by atoms with Gasteiger partial charge in [-0.1, -0.05) is 56.5 Å². The van der Waals surface area contributed by atoms with Crippen LogP contribution in [0.1, 0.15) is 87.3 Å². The van der Waals surface area contributed by atoms with Crippen LogP contribution in [0.4, 0.5) is 4.79 Å². The summed E-state index contributed by atoms with van der Waals surface area (Å²) in [6.07, 6.45) is 4.82. The van der Waals surface area contributed by atoms with Crippen molar-refractivity contribution in [2.75, 3.05) is 39.9 Å². The highest BCUT2D eigenvalue weighted by atomic mass is 16.5. The number of aromatic nitrogens is 2. The van der Waals surface area contributed by atoms with Gasteiger partial charge in [0, 0.05) is 32.2 Å². The molecule has 0 bridgehead atoms. The van der Waals surface area contributed by atoms with Gasteiger partial charge in [0.15, 0.2) is 5.78 Å². The average Bonchev–Trinajstić information content (AvgIpc) is 3.75. The van der Waals surface area contributed by atoms with Crippen LogP contribution in [-0.2, 0) is 36.3 Å². The Bertz CT molecular complexity index is 1660. The van der Waals surface area contributed by atoms with E-state index in [4.69, 9.17) is 21.2 Å². The number of nitrogens with one attached hydrogen (secondary N) is 1. The Hall–Kier alpha value is -4.62. The number of fused-ring (bicyclic) bond motifs is 1. The normalized spacial score (nSPS) is 15.2. The number of imidazole rings is 1. The van der Waals surface area contributed by atoms with Crippen molar-refractivity contribution in [1.29, 1.82) is 0 Å². The number of amides is 2. The fourth-order valence-electron chi connectivity index (χ4n) is 6.05. The monoisotopic (exact) mass is 675 g/mol. The second-order valence-corrected chi connectivity index (χ2v) is 12.7. The van der Waals surface area contributed by atoms with Gasteiger partial charge in [0.1, 0.15) is 18.1 Å². The number of esters is 1. The SMILES string of the molecule is CCCCCCOC(=O)/N=C(\N)c1ccc(C(N)c2nc3cc(C(C)(CNCC(=O)CC(=O)OC)C(=O)N4CCCC4)ccc3n2C)cc1. The third-order valence-corrected chi connectivity index (χ3v) is 9.07. The second kappa shape index (κ2) is 17.2. The van der Waals surface area contributed by atoms with Crippen molar-refractivity contribution in [3.05, 3.63) is 65.0 Å². The Balaban J connectivity index is 1.52. The molecule has 5 N–H and O–H groups in total. The van der Waals surface area contributed by atoms with Crippen LogP contribution in [0, 0.1) is 0 Å². The fraction of sp³-hybridized carbons (Fsp3) is 0.500. The van der Waals surface area contributed by atoms with Crippen molar-refractivity contribution < 1.29 is 28.7 Å². The number of carbonyl (C=O) groups is 4. The smallest absolute Gasteiger partial charge is 0.435 e. The molecule has 1 aromatic heterocycles. The lowest BCUT2D eigenvalue weighted by Crippen LogP contribution is -2.50. The van der Waals surface area contributed by atoms with Gasteiger partial charge in [-0.25, -0.2) is 9.78 Å². The number of aryl methyl sites for hydroxylation is 1. The van der Waals surface area contributed by atoms with E-state index in [9.17, 15) is 19.2 Å². The molecule has 0 spiro atoms. The van der Waals surface area contributed by atoms with Gasteiger partial charge >= 0.3 is 12.1 Å². The third-order valence-electron chi connectivity index (χ3n) is 9.07. The molecule has 2 amide bonds. The molecule has 1 fully saturated rings. The first-order chi connectivity index (χ1) is 23.5. The average molecular weight is 676 g/mol. The Morgan fingerprint density at radius 3 is 2.45 bits per heavy atom. The summed E-state index contributed by atoms with van der Waals surface area (Å²) >= 11 is 0. The van der Waals surface area contributed by atoms with Crippen LogP contribution in [0.15, 0.2) is 47.5 Å². The van der Waals surface area contributed by atoms with Crippen molar-refractivity contribution in [1.82, 2.24) is 19.8 Å². The summed E-state index contributed by atoms with van der Waals surface area (Å²) in [7, 11) is 3.13. The molecule has 13 heteroatoms. The highest BCUT2D eigenvalue weighted by molar-refractivity contribution is 6.02. The molecule has 4 rings (SSSR count). The first-order valence-corrected chi connectivity index (χ1v) is 16.9. The molecule has 1 saturated heterocycles. The summed E-state index contributed by atoms with van der Waals surface area (Å²) in [5, 5.41) is 3.11. The molecule has 49 heavy (non-hydrogen) atoms. The van der Waals surface area contributed by atoms with Crippen LogP contribution in [0.25, 0.3) is 11.0 Å². The number of hydrogen-bond donors (Lipinski definition) is 3. The maximum Gasteiger partial charge on any atom is 0.435 e. The number of nitrogens with two attached hydrogens (primary N) is 2. The lowest BCUT2D eigenvalue weighted by atomic mass is 9.80. The van der Waals surface area contributed by atoms with E-state index in [-0.39, 0.29) is 37.0 Å². The molecule has 3 aromatic rings. The van der Waals surface area contributed by atoms with Gasteiger partial charge in [-0.15, -0.1) is 0 Å². The number of methoxy groups -OCH3 is 1. The first-order valence-electron chi connectivity index (χ1n) is 16.9. The molecule has 0 saturated carbocycles. The largest absolute Gasteiger partial charge is 0.469 e. The highest BCUT2D eigenvalue weighted by Crippen LogP contribution is 2.32. The number of Topliss-reactive ketones (excluding diaryl/α,β-unsaturated/α-hetero) is 1. The van der Waals surface area contributed by atoms with Crippen molar-refractivity contribution in [3.63, 3.8) is 0 Å². The van der Waals surface area contributed by atoms with Gasteiger partial charge in [-0.2, -0.15) is 4.99 Å². The van der Waals surface area contributed by atoms with Crippen LogP contribution in [0.2, 0.25) is 0 Å². The van der Waals surface area contributed by atoms with Gasteiger partial charge in [-0.05, 0) is 49.4 Å². The van der Waals surface area contributed by atoms with E-state index in [0.717, 1.165) is 55.2 Å². The summed E-state index contributed by atoms with van der Waals surface area (Å²) in [5.74, 6) is -0.278. The standard InChI is InChI=1S/C36H49N7O6/c1-5-6-7-10-19-49-35(47)41-32(38)25-13-11-24(12-14-25)31(37)33-40-28-20-26(15-16-29(28)42(33)3)36(2,34(46)43-17-8-9-18-43)23-39-22-27(44)21-30(45)48-4/h11-16,20,31,39H,5-10,17-19,21-23,37H2,1-4H3,(H2,38,41,47). The first kappa shape index (κ1) is 37.2. The number of hydrogen-bond acceptors (Lipinski definition) is 9. The summed E-state index contributed by atoms with van der Waals surface area (Å²) in [6, 6.07) is 12.3. The Morgan fingerprint density at radius 1 is 1.06 bits per heavy atom. The molecule has 0 radical (unpaired) electrons. The summed E-state index contributed by atoms with van der Waals surface area (Å²) < 4.78 is 11.7. The fourth-order valence-corrected chi connectivity index (χ4v) is 6.05. The van der Waals surface area contributed by atoms with Crippen molar-refractivity contribution in [2.45, 2.75) is 70.3 Å². The highest BCUT2D eigenvalue weighted by Gasteiger charge is 2.39. The maximum absolute atomic E-state index is 13.9. The Labute approximate surface area is 287 Å². The zero-order valence-electron chi connectivity index (χ0n) is 29.0. The minimum absolute atomic E-state index is 0.0340. The maximum atomic E-state index is 13.9. The van der Waals surface area contributed by atoms with Crippen LogP contribution in [0.3, 0.4) is 0 Å². The van der Waals surface area contributed by atoms with Crippen LogP contribution in [0.5, 0.6) is 0 Å². The van der Waals surface area contributed by atoms with E-state index in [1.54, 1.807) is 12.1 Å². The van der Waals surface area contributed by atoms with Gasteiger partial charge < -0.3 is 35.7 Å². The molecule has 2 aromatic carbocycles. The van der Waals surface area contributed by atoms with Gasteiger partial charge in [-0.3, -0.25) is 14.4 Å². The topological polar surface area (TPSA) is 184 Å². The molecule has 0 aliphatic carbocycles.